The Morgan fingerprint density at radius 1 is 0.645 bits per heavy atom. The second-order valence-electron chi connectivity index (χ2n) is 8.77. The first kappa shape index (κ1) is 36.1. The average molecular weight is 539 g/mol. The molecule has 0 aliphatic carbocycles. The molecule has 0 bridgehead atoms. The van der Waals surface area contributed by atoms with Gasteiger partial charge in [0, 0.05) is 65.8 Å². The van der Waals surface area contributed by atoms with E-state index in [2.05, 4.69) is 62.8 Å². The molecule has 1 fully saturated rings. The maximum atomic E-state index is 8.88. The molecule has 15 heteroatoms. The van der Waals surface area contributed by atoms with Gasteiger partial charge in [-0.25, -0.2) is 9.13 Å². The van der Waals surface area contributed by atoms with Gasteiger partial charge in [-0.1, -0.05) is 0 Å². The van der Waals surface area contributed by atoms with Crippen molar-refractivity contribution >= 4 is 15.6 Å². The summed E-state index contributed by atoms with van der Waals surface area (Å²) in [6.45, 7) is 17.8. The molecule has 1 aliphatic heterocycles. The number of rotatable bonds is 0. The summed E-state index contributed by atoms with van der Waals surface area (Å²) in [4.78, 5) is 43.1. The number of hydrogen-bond donors (Lipinski definition) is 10. The van der Waals surface area contributed by atoms with Crippen LogP contribution in [0.25, 0.3) is 0 Å². The molecule has 0 aromatic rings. The van der Waals surface area contributed by atoms with Crippen molar-refractivity contribution in [2.75, 3.05) is 26.2 Å². The van der Waals surface area contributed by atoms with Crippen LogP contribution in [0.5, 0.6) is 0 Å². The SMILES string of the molecule is CC1CC(C)(C)NCCNC(C)CC(C)(C)NCCN1.O=P(O)(O)O.O=P(O)(O)O.[Ni]. The Kier molecular flexibility index (Phi) is 18.9. The van der Waals surface area contributed by atoms with Gasteiger partial charge in [0.15, 0.2) is 0 Å². The van der Waals surface area contributed by atoms with Gasteiger partial charge in [0.05, 0.1) is 0 Å². The molecule has 0 aromatic heterocycles. The van der Waals surface area contributed by atoms with E-state index >= 15 is 0 Å². The van der Waals surface area contributed by atoms with Crippen LogP contribution in [0.2, 0.25) is 0 Å². The van der Waals surface area contributed by atoms with E-state index in [1.54, 1.807) is 0 Å². The van der Waals surface area contributed by atoms with Crippen LogP contribution >= 0.6 is 15.6 Å². The average Bonchev–Trinajstić information content (AvgIpc) is 2.43. The molecule has 1 heterocycles. The quantitative estimate of drug-likeness (QED) is 0.141. The Bertz CT molecular complexity index is 495. The van der Waals surface area contributed by atoms with Gasteiger partial charge in [-0.15, -0.1) is 0 Å². The van der Waals surface area contributed by atoms with Crippen LogP contribution in [-0.2, 0) is 25.6 Å². The molecule has 1 rings (SSSR count). The molecular formula is C16H42N4NiO8P2. The van der Waals surface area contributed by atoms with Crippen molar-refractivity contribution in [3.05, 3.63) is 0 Å². The van der Waals surface area contributed by atoms with Gasteiger partial charge in [0.2, 0.25) is 0 Å². The maximum Gasteiger partial charge on any atom is 0.466 e. The maximum absolute atomic E-state index is 8.88. The van der Waals surface area contributed by atoms with Crippen LogP contribution in [0.4, 0.5) is 0 Å². The fraction of sp³-hybridized carbons (Fsp3) is 1.00. The molecule has 0 aromatic carbocycles. The molecule has 0 saturated carbocycles. The van der Waals surface area contributed by atoms with Crippen molar-refractivity contribution in [3.63, 3.8) is 0 Å². The van der Waals surface area contributed by atoms with Gasteiger partial charge in [0.1, 0.15) is 0 Å². The van der Waals surface area contributed by atoms with E-state index in [0.717, 1.165) is 39.0 Å². The van der Waals surface area contributed by atoms with Crippen LogP contribution in [-0.4, -0.2) is 78.7 Å². The summed E-state index contributed by atoms with van der Waals surface area (Å²) in [5.74, 6) is 0. The molecular weight excluding hydrogens is 497 g/mol. The zero-order valence-electron chi connectivity index (χ0n) is 19.1. The number of nitrogens with one attached hydrogen (secondary N) is 4. The molecule has 2 unspecified atom stereocenters. The fourth-order valence-electron chi connectivity index (χ4n) is 3.26. The molecule has 31 heavy (non-hydrogen) atoms. The Labute approximate surface area is 195 Å². The molecule has 194 valence electrons. The Balaban J connectivity index is -0.000000595. The molecule has 10 N–H and O–H groups in total. The topological polar surface area (TPSA) is 204 Å². The van der Waals surface area contributed by atoms with Crippen molar-refractivity contribution < 1.29 is 55.0 Å². The van der Waals surface area contributed by atoms with Gasteiger partial charge in [-0.05, 0) is 54.4 Å². The van der Waals surface area contributed by atoms with E-state index in [1.165, 1.54) is 0 Å². The zero-order valence-corrected chi connectivity index (χ0v) is 21.9. The van der Waals surface area contributed by atoms with E-state index < -0.39 is 15.6 Å². The number of hydrogen-bond acceptors (Lipinski definition) is 6. The minimum atomic E-state index is -4.64. The minimum absolute atomic E-state index is 0. The predicted molar refractivity (Wildman–Crippen MR) is 117 cm³/mol. The summed E-state index contributed by atoms with van der Waals surface area (Å²) in [5.41, 5.74) is 0.377. The second kappa shape index (κ2) is 16.2. The summed E-state index contributed by atoms with van der Waals surface area (Å²) in [5, 5.41) is 14.6. The Morgan fingerprint density at radius 3 is 1.10 bits per heavy atom. The normalized spacial score (nSPS) is 25.3. The van der Waals surface area contributed by atoms with Crippen molar-refractivity contribution in [1.29, 1.82) is 0 Å². The van der Waals surface area contributed by atoms with Gasteiger partial charge in [-0.3, -0.25) is 0 Å². The summed E-state index contributed by atoms with van der Waals surface area (Å²) in [7, 11) is -9.28. The van der Waals surface area contributed by atoms with E-state index in [1.807, 2.05) is 0 Å². The van der Waals surface area contributed by atoms with Gasteiger partial charge in [-0.2, -0.15) is 0 Å². The number of phosphoric acid groups is 2. The largest absolute Gasteiger partial charge is 0.466 e. The third-order valence-electron chi connectivity index (χ3n) is 4.08. The van der Waals surface area contributed by atoms with Crippen LogP contribution in [0.1, 0.15) is 54.4 Å². The van der Waals surface area contributed by atoms with E-state index in [0.29, 0.717) is 12.1 Å². The first-order valence-electron chi connectivity index (χ1n) is 9.74. The Hall–Kier alpha value is 0.554. The Morgan fingerprint density at radius 2 is 0.871 bits per heavy atom. The van der Waals surface area contributed by atoms with Crippen molar-refractivity contribution in [2.24, 2.45) is 0 Å². The fourth-order valence-corrected chi connectivity index (χ4v) is 3.26. The third kappa shape index (κ3) is 35.3. The van der Waals surface area contributed by atoms with Gasteiger partial charge < -0.3 is 50.6 Å². The summed E-state index contributed by atoms with van der Waals surface area (Å²) < 4.78 is 17.8. The monoisotopic (exact) mass is 538 g/mol. The van der Waals surface area contributed by atoms with Crippen LogP contribution < -0.4 is 21.3 Å². The van der Waals surface area contributed by atoms with Crippen molar-refractivity contribution in [1.82, 2.24) is 21.3 Å². The molecule has 1 saturated heterocycles. The molecule has 0 spiro atoms. The van der Waals surface area contributed by atoms with E-state index in [9.17, 15) is 0 Å². The van der Waals surface area contributed by atoms with Crippen LogP contribution in [0.3, 0.4) is 0 Å². The molecule has 0 radical (unpaired) electrons. The first-order valence-corrected chi connectivity index (χ1v) is 12.9. The molecule has 12 nitrogen and oxygen atoms in total. The standard InChI is InChI=1S/C16H36N4.Ni.2H3O4P/c1-13-11-15(3,4)19-10-8-18-14(2)12-16(5,6)20-9-7-17-13;;2*1-5(2,3)4/h13-14,17-20H,7-12H2,1-6H3;;2*(H3,1,2,3,4). The van der Waals surface area contributed by atoms with Gasteiger partial charge in [0.25, 0.3) is 0 Å². The van der Waals surface area contributed by atoms with Crippen molar-refractivity contribution in [2.45, 2.75) is 77.5 Å². The van der Waals surface area contributed by atoms with Crippen LogP contribution in [0.15, 0.2) is 0 Å². The molecule has 0 amide bonds. The summed E-state index contributed by atoms with van der Waals surface area (Å²) in [6, 6.07) is 1.08. The summed E-state index contributed by atoms with van der Waals surface area (Å²) in [6.07, 6.45) is 2.29. The zero-order chi connectivity index (χ0) is 24.2. The van der Waals surface area contributed by atoms with Gasteiger partial charge >= 0.3 is 15.6 Å². The molecule has 1 aliphatic rings. The second-order valence-corrected chi connectivity index (χ2v) is 10.8. The molecule has 2 atom stereocenters. The predicted octanol–water partition coefficient (Wildman–Crippen LogP) is -0.387. The van der Waals surface area contributed by atoms with Crippen LogP contribution in [0, 0.1) is 0 Å². The van der Waals surface area contributed by atoms with Crippen molar-refractivity contribution in [3.8, 4) is 0 Å². The third-order valence-corrected chi connectivity index (χ3v) is 4.08. The summed E-state index contributed by atoms with van der Waals surface area (Å²) >= 11 is 0. The van der Waals surface area contributed by atoms with E-state index in [-0.39, 0.29) is 27.6 Å². The minimum Gasteiger partial charge on any atom is -0.313 e. The van der Waals surface area contributed by atoms with E-state index in [4.69, 9.17) is 38.5 Å². The smallest absolute Gasteiger partial charge is 0.313 e. The first-order chi connectivity index (χ1) is 13.2.